The average Bonchev–Trinajstić information content (AvgIpc) is 3.09. The number of nitrogens with zero attached hydrogens (tertiary/aromatic N) is 4. The van der Waals surface area contributed by atoms with Gasteiger partial charge in [0.25, 0.3) is 0 Å². The topological polar surface area (TPSA) is 80.0 Å². The van der Waals surface area contributed by atoms with Gasteiger partial charge in [0.2, 0.25) is 10.9 Å². The fraction of sp³-hybridized carbons (Fsp3) is 0.615. The monoisotopic (exact) mass is 344 g/mol. The van der Waals surface area contributed by atoms with E-state index in [0.717, 1.165) is 5.01 Å². The van der Waals surface area contributed by atoms with Gasteiger partial charge in [-0.15, -0.1) is 0 Å². The lowest BCUT2D eigenvalue weighted by Crippen LogP contribution is -2.25. The van der Waals surface area contributed by atoms with Crippen molar-refractivity contribution in [2.24, 2.45) is 5.92 Å². The molecule has 0 radical (unpaired) electrons. The second-order valence-corrected chi connectivity index (χ2v) is 6.73. The third-order valence-electron chi connectivity index (χ3n) is 3.70. The van der Waals surface area contributed by atoms with Crippen molar-refractivity contribution in [3.05, 3.63) is 15.9 Å². The van der Waals surface area contributed by atoms with Crippen molar-refractivity contribution < 1.29 is 14.6 Å². The molecule has 2 aromatic heterocycles. The van der Waals surface area contributed by atoms with Crippen LogP contribution in [0.25, 0.3) is 4.96 Å². The van der Waals surface area contributed by atoms with E-state index < -0.39 is 0 Å². The zero-order valence-electron chi connectivity index (χ0n) is 12.2. The number of carbonyl (C=O) groups is 1. The molecule has 120 valence electrons. The normalized spacial score (nSPS) is 18.8. The van der Waals surface area contributed by atoms with Crippen LogP contribution in [0, 0.1) is 5.92 Å². The Morgan fingerprint density at radius 3 is 3.05 bits per heavy atom. The van der Waals surface area contributed by atoms with E-state index in [2.05, 4.69) is 10.1 Å². The molecular formula is C13H17ClN4O3S. The van der Waals surface area contributed by atoms with Gasteiger partial charge in [-0.2, -0.15) is 9.61 Å². The molecule has 3 rings (SSSR count). The third kappa shape index (κ3) is 2.96. The summed E-state index contributed by atoms with van der Waals surface area (Å²) in [5, 5.41) is 14.6. The molecule has 0 spiro atoms. The SMILES string of the molecule is COCc1nn2c(Cl)c(CN3CC(CCO)CC3=O)nc2s1. The zero-order chi connectivity index (χ0) is 15.7. The molecule has 1 fully saturated rings. The van der Waals surface area contributed by atoms with Gasteiger partial charge < -0.3 is 14.7 Å². The number of likely N-dealkylation sites (tertiary alicyclic amines) is 1. The number of ether oxygens (including phenoxy) is 1. The Hall–Kier alpha value is -1.22. The summed E-state index contributed by atoms with van der Waals surface area (Å²) in [5.41, 5.74) is 0.655. The van der Waals surface area contributed by atoms with Crippen LogP contribution in [-0.2, 0) is 22.7 Å². The van der Waals surface area contributed by atoms with Crippen molar-refractivity contribution in [1.29, 1.82) is 0 Å². The van der Waals surface area contributed by atoms with Gasteiger partial charge in [-0.25, -0.2) is 4.98 Å². The van der Waals surface area contributed by atoms with E-state index in [-0.39, 0.29) is 18.4 Å². The van der Waals surface area contributed by atoms with Crippen LogP contribution in [0.15, 0.2) is 0 Å². The molecular weight excluding hydrogens is 328 g/mol. The number of carbonyl (C=O) groups excluding carboxylic acids is 1. The van der Waals surface area contributed by atoms with E-state index in [1.54, 1.807) is 16.5 Å². The quantitative estimate of drug-likeness (QED) is 0.855. The van der Waals surface area contributed by atoms with Crippen LogP contribution < -0.4 is 0 Å². The van der Waals surface area contributed by atoms with E-state index in [1.165, 1.54) is 11.3 Å². The Balaban J connectivity index is 1.75. The fourth-order valence-electron chi connectivity index (χ4n) is 2.65. The van der Waals surface area contributed by atoms with Gasteiger partial charge in [0.1, 0.15) is 10.7 Å². The van der Waals surface area contributed by atoms with Crippen LogP contribution in [0.2, 0.25) is 5.15 Å². The highest BCUT2D eigenvalue weighted by Gasteiger charge is 2.30. The number of aliphatic hydroxyl groups is 1. The molecule has 1 aliphatic rings. The molecule has 3 heterocycles. The van der Waals surface area contributed by atoms with Crippen LogP contribution in [0.1, 0.15) is 23.5 Å². The molecule has 2 aromatic rings. The van der Waals surface area contributed by atoms with Crippen molar-refractivity contribution in [2.75, 3.05) is 20.3 Å². The number of rotatable bonds is 6. The Bertz CT molecular complexity index is 686. The Labute approximate surface area is 136 Å². The van der Waals surface area contributed by atoms with Gasteiger partial charge in [-0.3, -0.25) is 4.79 Å². The summed E-state index contributed by atoms with van der Waals surface area (Å²) in [6, 6.07) is 0. The number of hydrogen-bond donors (Lipinski definition) is 1. The van der Waals surface area contributed by atoms with Crippen molar-refractivity contribution in [2.45, 2.75) is 26.0 Å². The van der Waals surface area contributed by atoms with E-state index in [1.807, 2.05) is 0 Å². The smallest absolute Gasteiger partial charge is 0.223 e. The summed E-state index contributed by atoms with van der Waals surface area (Å²) >= 11 is 7.74. The summed E-state index contributed by atoms with van der Waals surface area (Å²) < 4.78 is 6.63. The van der Waals surface area contributed by atoms with Crippen LogP contribution in [0.4, 0.5) is 0 Å². The molecule has 1 saturated heterocycles. The molecule has 0 bridgehead atoms. The highest BCUT2D eigenvalue weighted by molar-refractivity contribution is 7.16. The Kier molecular flexibility index (Phi) is 4.62. The summed E-state index contributed by atoms with van der Waals surface area (Å²) in [6.07, 6.45) is 1.13. The molecule has 0 aliphatic carbocycles. The molecule has 1 atom stereocenters. The molecule has 7 nitrogen and oxygen atoms in total. The molecule has 0 saturated carbocycles. The maximum absolute atomic E-state index is 12.0. The van der Waals surface area contributed by atoms with E-state index in [0.29, 0.717) is 48.3 Å². The summed E-state index contributed by atoms with van der Waals surface area (Å²) in [5.74, 6) is 0.297. The van der Waals surface area contributed by atoms with Gasteiger partial charge in [0.05, 0.1) is 13.2 Å². The molecule has 0 aromatic carbocycles. The van der Waals surface area contributed by atoms with Crippen LogP contribution >= 0.6 is 22.9 Å². The predicted octanol–water partition coefficient (Wildman–Crippen LogP) is 1.32. The van der Waals surface area contributed by atoms with Crippen LogP contribution in [0.5, 0.6) is 0 Å². The first-order valence-electron chi connectivity index (χ1n) is 7.02. The van der Waals surface area contributed by atoms with Gasteiger partial charge in [0, 0.05) is 26.7 Å². The average molecular weight is 345 g/mol. The second kappa shape index (κ2) is 6.49. The molecule has 1 unspecified atom stereocenters. The highest BCUT2D eigenvalue weighted by Crippen LogP contribution is 2.27. The standard InChI is InChI=1S/C13H17ClN4O3S/c1-21-7-10-16-18-12(14)9(15-13(18)22-10)6-17-5-8(2-3-19)4-11(17)20/h8,19H,2-7H2,1H3. The number of fused-ring (bicyclic) bond motifs is 1. The molecule has 1 N–H and O–H groups in total. The predicted molar refractivity (Wildman–Crippen MR) is 81.8 cm³/mol. The third-order valence-corrected chi connectivity index (χ3v) is 4.96. The van der Waals surface area contributed by atoms with Gasteiger partial charge in [0.15, 0.2) is 5.15 Å². The summed E-state index contributed by atoms with van der Waals surface area (Å²) in [7, 11) is 1.61. The maximum atomic E-state index is 12.0. The number of imidazole rings is 1. The highest BCUT2D eigenvalue weighted by atomic mass is 35.5. The largest absolute Gasteiger partial charge is 0.396 e. The second-order valence-electron chi connectivity index (χ2n) is 5.33. The minimum absolute atomic E-state index is 0.0823. The lowest BCUT2D eigenvalue weighted by Gasteiger charge is -2.15. The van der Waals surface area contributed by atoms with Gasteiger partial charge in [-0.05, 0) is 12.3 Å². The van der Waals surface area contributed by atoms with Gasteiger partial charge >= 0.3 is 0 Å². The van der Waals surface area contributed by atoms with Crippen molar-refractivity contribution >= 4 is 33.8 Å². The van der Waals surface area contributed by atoms with E-state index in [9.17, 15) is 4.79 Å². The van der Waals surface area contributed by atoms with Crippen molar-refractivity contribution in [3.8, 4) is 0 Å². The Morgan fingerprint density at radius 1 is 1.55 bits per heavy atom. The minimum Gasteiger partial charge on any atom is -0.396 e. The van der Waals surface area contributed by atoms with E-state index >= 15 is 0 Å². The first-order valence-corrected chi connectivity index (χ1v) is 8.22. The molecule has 22 heavy (non-hydrogen) atoms. The number of hydrogen-bond acceptors (Lipinski definition) is 6. The molecule has 9 heteroatoms. The number of amides is 1. The molecule has 1 aliphatic heterocycles. The molecule has 1 amide bonds. The van der Waals surface area contributed by atoms with Crippen LogP contribution in [0.3, 0.4) is 0 Å². The number of aromatic nitrogens is 3. The Morgan fingerprint density at radius 2 is 2.36 bits per heavy atom. The lowest BCUT2D eigenvalue weighted by molar-refractivity contribution is -0.128. The number of halogens is 1. The number of aliphatic hydroxyl groups excluding tert-OH is 1. The van der Waals surface area contributed by atoms with Gasteiger partial charge in [-0.1, -0.05) is 22.9 Å². The van der Waals surface area contributed by atoms with Crippen molar-refractivity contribution in [1.82, 2.24) is 19.5 Å². The fourth-order valence-corrected chi connectivity index (χ4v) is 3.81. The first kappa shape index (κ1) is 15.7. The maximum Gasteiger partial charge on any atom is 0.223 e. The number of methoxy groups -OCH3 is 1. The minimum atomic E-state index is 0.0823. The summed E-state index contributed by atoms with van der Waals surface area (Å²) in [4.78, 5) is 18.9. The summed E-state index contributed by atoms with van der Waals surface area (Å²) in [6.45, 7) is 1.56. The van der Waals surface area contributed by atoms with Crippen molar-refractivity contribution in [3.63, 3.8) is 0 Å². The lowest BCUT2D eigenvalue weighted by atomic mass is 10.1. The van der Waals surface area contributed by atoms with E-state index in [4.69, 9.17) is 21.4 Å². The zero-order valence-corrected chi connectivity index (χ0v) is 13.7. The van der Waals surface area contributed by atoms with Crippen LogP contribution in [-0.4, -0.2) is 50.8 Å². The first-order chi connectivity index (χ1) is 10.6.